The van der Waals surface area contributed by atoms with E-state index in [1.54, 1.807) is 37.3 Å². The summed E-state index contributed by atoms with van der Waals surface area (Å²) in [5.74, 6) is -0.0482. The Labute approximate surface area is 129 Å². The SMILES string of the molecule is COCC(Br)CN(C)C(=O)c1ccc(Cl)c(Br)c1. The number of alkyl halides is 1. The number of ether oxygens (including phenoxy) is 1. The lowest BCUT2D eigenvalue weighted by atomic mass is 10.2. The third-order valence-corrected chi connectivity index (χ3v) is 4.10. The fourth-order valence-electron chi connectivity index (χ4n) is 1.46. The summed E-state index contributed by atoms with van der Waals surface area (Å²) >= 11 is 12.7. The summed E-state index contributed by atoms with van der Waals surface area (Å²) in [6, 6.07) is 5.14. The summed E-state index contributed by atoms with van der Waals surface area (Å²) in [6.07, 6.45) is 0. The Kier molecular flexibility index (Phi) is 6.63. The topological polar surface area (TPSA) is 29.5 Å². The minimum atomic E-state index is -0.0482. The van der Waals surface area contributed by atoms with Gasteiger partial charge in [0.15, 0.2) is 0 Å². The first-order valence-electron chi connectivity index (χ1n) is 5.29. The molecule has 0 aliphatic rings. The van der Waals surface area contributed by atoms with Gasteiger partial charge in [0.2, 0.25) is 0 Å². The van der Waals surface area contributed by atoms with Crippen LogP contribution in [0.2, 0.25) is 5.02 Å². The van der Waals surface area contributed by atoms with Crippen molar-refractivity contribution in [1.29, 1.82) is 0 Å². The van der Waals surface area contributed by atoms with E-state index in [0.29, 0.717) is 23.7 Å². The zero-order chi connectivity index (χ0) is 13.7. The monoisotopic (exact) mass is 397 g/mol. The number of nitrogens with zero attached hydrogens (tertiary/aromatic N) is 1. The van der Waals surface area contributed by atoms with Gasteiger partial charge in [-0.1, -0.05) is 27.5 Å². The summed E-state index contributed by atoms with van der Waals surface area (Å²) in [4.78, 5) is 13.9. The maximum absolute atomic E-state index is 12.1. The molecule has 6 heteroatoms. The minimum Gasteiger partial charge on any atom is -0.383 e. The Morgan fingerprint density at radius 1 is 1.56 bits per heavy atom. The van der Waals surface area contributed by atoms with Gasteiger partial charge in [0.25, 0.3) is 5.91 Å². The van der Waals surface area contributed by atoms with Crippen molar-refractivity contribution in [1.82, 2.24) is 4.90 Å². The highest BCUT2D eigenvalue weighted by molar-refractivity contribution is 9.10. The molecule has 1 amide bonds. The van der Waals surface area contributed by atoms with E-state index in [4.69, 9.17) is 16.3 Å². The van der Waals surface area contributed by atoms with E-state index in [1.807, 2.05) is 0 Å². The molecule has 0 bridgehead atoms. The van der Waals surface area contributed by atoms with Gasteiger partial charge in [-0.15, -0.1) is 0 Å². The standard InChI is InChI=1S/C12H14Br2ClNO2/c1-16(6-9(13)7-18-2)12(17)8-3-4-11(15)10(14)5-8/h3-5,9H,6-7H2,1-2H3. The summed E-state index contributed by atoms with van der Waals surface area (Å²) in [5.41, 5.74) is 0.603. The molecule has 0 spiro atoms. The molecule has 18 heavy (non-hydrogen) atoms. The molecule has 1 rings (SSSR count). The molecule has 1 aromatic carbocycles. The van der Waals surface area contributed by atoms with Crippen LogP contribution >= 0.6 is 43.5 Å². The van der Waals surface area contributed by atoms with Crippen LogP contribution in [0.4, 0.5) is 0 Å². The first-order valence-corrected chi connectivity index (χ1v) is 7.38. The summed E-state index contributed by atoms with van der Waals surface area (Å²) in [5, 5.41) is 0.590. The lowest BCUT2D eigenvalue weighted by Gasteiger charge is -2.20. The largest absolute Gasteiger partial charge is 0.383 e. The van der Waals surface area contributed by atoms with E-state index >= 15 is 0 Å². The molecule has 0 heterocycles. The van der Waals surface area contributed by atoms with Crippen LogP contribution in [0.3, 0.4) is 0 Å². The fourth-order valence-corrected chi connectivity index (χ4v) is 2.66. The van der Waals surface area contributed by atoms with E-state index < -0.39 is 0 Å². The van der Waals surface area contributed by atoms with Gasteiger partial charge in [0.05, 0.1) is 16.5 Å². The van der Waals surface area contributed by atoms with Gasteiger partial charge in [-0.3, -0.25) is 4.79 Å². The quantitative estimate of drug-likeness (QED) is 0.709. The van der Waals surface area contributed by atoms with Crippen LogP contribution in [0.1, 0.15) is 10.4 Å². The Hall–Kier alpha value is -0.100. The van der Waals surface area contributed by atoms with Crippen LogP contribution in [-0.4, -0.2) is 42.9 Å². The fraction of sp³-hybridized carbons (Fsp3) is 0.417. The first kappa shape index (κ1) is 16.0. The molecule has 0 fully saturated rings. The predicted octanol–water partition coefficient (Wildman–Crippen LogP) is 3.58. The van der Waals surface area contributed by atoms with Crippen LogP contribution in [0.15, 0.2) is 22.7 Å². The Bertz CT molecular complexity index is 429. The van der Waals surface area contributed by atoms with Crippen molar-refractivity contribution in [2.24, 2.45) is 0 Å². The molecular formula is C12H14Br2ClNO2. The molecule has 0 saturated carbocycles. The van der Waals surface area contributed by atoms with E-state index in [9.17, 15) is 4.79 Å². The molecule has 100 valence electrons. The minimum absolute atomic E-state index is 0.0482. The average Bonchev–Trinajstić information content (AvgIpc) is 2.32. The van der Waals surface area contributed by atoms with Crippen molar-refractivity contribution in [3.63, 3.8) is 0 Å². The Balaban J connectivity index is 2.71. The van der Waals surface area contributed by atoms with E-state index in [-0.39, 0.29) is 10.7 Å². The van der Waals surface area contributed by atoms with E-state index in [2.05, 4.69) is 31.9 Å². The van der Waals surface area contributed by atoms with Gasteiger partial charge < -0.3 is 9.64 Å². The molecule has 1 atom stereocenters. The maximum atomic E-state index is 12.1. The second kappa shape index (κ2) is 7.48. The molecule has 1 unspecified atom stereocenters. The van der Waals surface area contributed by atoms with Crippen molar-refractivity contribution in [2.45, 2.75) is 4.83 Å². The van der Waals surface area contributed by atoms with Crippen molar-refractivity contribution >= 4 is 49.4 Å². The summed E-state index contributed by atoms with van der Waals surface area (Å²) < 4.78 is 5.73. The Morgan fingerprint density at radius 3 is 2.78 bits per heavy atom. The molecule has 0 saturated heterocycles. The highest BCUT2D eigenvalue weighted by Crippen LogP contribution is 2.23. The maximum Gasteiger partial charge on any atom is 0.253 e. The van der Waals surface area contributed by atoms with Crippen molar-refractivity contribution < 1.29 is 9.53 Å². The van der Waals surface area contributed by atoms with Gasteiger partial charge >= 0.3 is 0 Å². The van der Waals surface area contributed by atoms with Crippen molar-refractivity contribution in [3.8, 4) is 0 Å². The summed E-state index contributed by atoms with van der Waals surface area (Å²) in [6.45, 7) is 1.13. The molecule has 0 radical (unpaired) electrons. The number of benzene rings is 1. The van der Waals surface area contributed by atoms with E-state index in [1.165, 1.54) is 0 Å². The number of hydrogen-bond acceptors (Lipinski definition) is 2. The lowest BCUT2D eigenvalue weighted by Crippen LogP contribution is -2.33. The van der Waals surface area contributed by atoms with Gasteiger partial charge in [-0.2, -0.15) is 0 Å². The number of amides is 1. The number of carbonyl (C=O) groups excluding carboxylic acids is 1. The van der Waals surface area contributed by atoms with Crippen LogP contribution in [0.5, 0.6) is 0 Å². The van der Waals surface area contributed by atoms with Crippen LogP contribution in [-0.2, 0) is 4.74 Å². The average molecular weight is 400 g/mol. The van der Waals surface area contributed by atoms with Gasteiger partial charge in [-0.05, 0) is 34.1 Å². The zero-order valence-electron chi connectivity index (χ0n) is 10.1. The van der Waals surface area contributed by atoms with Crippen LogP contribution < -0.4 is 0 Å². The second-order valence-corrected chi connectivity index (χ2v) is 6.42. The smallest absolute Gasteiger partial charge is 0.253 e. The van der Waals surface area contributed by atoms with Crippen LogP contribution in [0.25, 0.3) is 0 Å². The van der Waals surface area contributed by atoms with Gasteiger partial charge in [0, 0.05) is 30.7 Å². The molecular weight excluding hydrogens is 385 g/mol. The number of rotatable bonds is 5. The molecule has 0 N–H and O–H groups in total. The van der Waals surface area contributed by atoms with Crippen molar-refractivity contribution in [3.05, 3.63) is 33.3 Å². The number of hydrogen-bond donors (Lipinski definition) is 0. The molecule has 0 aliphatic carbocycles. The third-order valence-electron chi connectivity index (χ3n) is 2.33. The lowest BCUT2D eigenvalue weighted by molar-refractivity contribution is 0.0784. The number of halogens is 3. The second-order valence-electron chi connectivity index (χ2n) is 3.87. The van der Waals surface area contributed by atoms with E-state index in [0.717, 1.165) is 4.47 Å². The highest BCUT2D eigenvalue weighted by Gasteiger charge is 2.16. The van der Waals surface area contributed by atoms with Crippen molar-refractivity contribution in [2.75, 3.05) is 27.3 Å². The normalized spacial score (nSPS) is 12.3. The van der Waals surface area contributed by atoms with Crippen LogP contribution in [0, 0.1) is 0 Å². The first-order chi connectivity index (χ1) is 8.45. The Morgan fingerprint density at radius 2 is 2.22 bits per heavy atom. The number of carbonyl (C=O) groups is 1. The predicted molar refractivity (Wildman–Crippen MR) is 80.7 cm³/mol. The molecule has 0 aliphatic heterocycles. The number of methoxy groups -OCH3 is 1. The third kappa shape index (κ3) is 4.53. The molecule has 3 nitrogen and oxygen atoms in total. The molecule has 1 aromatic rings. The zero-order valence-corrected chi connectivity index (χ0v) is 14.0. The van der Waals surface area contributed by atoms with Gasteiger partial charge in [-0.25, -0.2) is 0 Å². The highest BCUT2D eigenvalue weighted by atomic mass is 79.9. The summed E-state index contributed by atoms with van der Waals surface area (Å²) in [7, 11) is 3.39. The molecule has 0 aromatic heterocycles. The van der Waals surface area contributed by atoms with Gasteiger partial charge in [0.1, 0.15) is 0 Å².